The van der Waals surface area contributed by atoms with E-state index in [-0.39, 0.29) is 6.10 Å². The quantitative estimate of drug-likeness (QED) is 0.485. The molecule has 8 heteroatoms. The predicted molar refractivity (Wildman–Crippen MR) is 118 cm³/mol. The van der Waals surface area contributed by atoms with Crippen molar-refractivity contribution in [3.8, 4) is 11.5 Å². The van der Waals surface area contributed by atoms with Gasteiger partial charge in [-0.15, -0.1) is 10.2 Å². The Morgan fingerprint density at radius 1 is 1.20 bits per heavy atom. The first kappa shape index (κ1) is 21.9. The van der Waals surface area contributed by atoms with Gasteiger partial charge in [0.25, 0.3) is 0 Å². The predicted octanol–water partition coefficient (Wildman–Crippen LogP) is 2.58. The van der Waals surface area contributed by atoms with Gasteiger partial charge in [0.2, 0.25) is 0 Å². The molecule has 1 aromatic heterocycles. The van der Waals surface area contributed by atoms with Crippen molar-refractivity contribution in [1.82, 2.24) is 25.4 Å². The van der Waals surface area contributed by atoms with Crippen molar-refractivity contribution < 1.29 is 9.47 Å². The summed E-state index contributed by atoms with van der Waals surface area (Å²) in [5.41, 5.74) is 0. The third-order valence-electron chi connectivity index (χ3n) is 5.06. The molecule has 2 N–H and O–H groups in total. The number of aromatic nitrogens is 3. The summed E-state index contributed by atoms with van der Waals surface area (Å²) in [4.78, 5) is 4.67. The normalized spacial score (nSPS) is 15.1. The van der Waals surface area contributed by atoms with E-state index in [0.29, 0.717) is 6.54 Å². The van der Waals surface area contributed by atoms with E-state index in [1.165, 1.54) is 19.3 Å². The fraction of sp³-hybridized carbons (Fsp3) is 0.591. The van der Waals surface area contributed by atoms with Crippen LogP contribution in [0.1, 0.15) is 44.8 Å². The number of fused-ring (bicyclic) bond motifs is 1. The van der Waals surface area contributed by atoms with Gasteiger partial charge in [-0.05, 0) is 38.8 Å². The van der Waals surface area contributed by atoms with Crippen molar-refractivity contribution in [2.24, 2.45) is 4.99 Å². The van der Waals surface area contributed by atoms with Crippen molar-refractivity contribution in [3.63, 3.8) is 0 Å². The maximum absolute atomic E-state index is 5.96. The molecule has 0 aliphatic carbocycles. The van der Waals surface area contributed by atoms with Gasteiger partial charge in [-0.25, -0.2) is 4.99 Å². The molecule has 0 amide bonds. The molecule has 0 spiro atoms. The van der Waals surface area contributed by atoms with E-state index in [1.54, 1.807) is 7.11 Å². The van der Waals surface area contributed by atoms with Gasteiger partial charge in [0.1, 0.15) is 29.3 Å². The lowest BCUT2D eigenvalue weighted by molar-refractivity contribution is 0.229. The van der Waals surface area contributed by atoms with Crippen molar-refractivity contribution in [2.75, 3.05) is 26.7 Å². The number of rotatable bonds is 9. The smallest absolute Gasteiger partial charge is 0.191 e. The molecule has 0 bridgehead atoms. The van der Waals surface area contributed by atoms with Crippen molar-refractivity contribution >= 4 is 5.96 Å². The van der Waals surface area contributed by atoms with Gasteiger partial charge in [-0.2, -0.15) is 0 Å². The van der Waals surface area contributed by atoms with Gasteiger partial charge in [-0.1, -0.05) is 12.5 Å². The minimum absolute atomic E-state index is 0.0557. The van der Waals surface area contributed by atoms with E-state index < -0.39 is 0 Å². The van der Waals surface area contributed by atoms with Crippen LogP contribution in [0.4, 0.5) is 0 Å². The Balaban J connectivity index is 1.50. The second-order valence-corrected chi connectivity index (χ2v) is 7.50. The highest BCUT2D eigenvalue weighted by Gasteiger charge is 2.14. The zero-order chi connectivity index (χ0) is 21.2. The molecule has 164 valence electrons. The van der Waals surface area contributed by atoms with Crippen LogP contribution in [0.3, 0.4) is 0 Å². The maximum atomic E-state index is 5.96. The number of ether oxygens (including phenoxy) is 2. The second-order valence-electron chi connectivity index (χ2n) is 7.50. The topological polar surface area (TPSA) is 85.6 Å². The van der Waals surface area contributed by atoms with Crippen LogP contribution in [-0.4, -0.2) is 53.6 Å². The molecule has 0 saturated heterocycles. The van der Waals surface area contributed by atoms with E-state index in [9.17, 15) is 0 Å². The fourth-order valence-electron chi connectivity index (χ4n) is 3.53. The summed E-state index contributed by atoms with van der Waals surface area (Å²) in [5, 5.41) is 15.5. The molecule has 1 unspecified atom stereocenters. The minimum atomic E-state index is -0.0557. The summed E-state index contributed by atoms with van der Waals surface area (Å²) in [6.07, 6.45) is 5.50. The number of hydrogen-bond donors (Lipinski definition) is 2. The first-order valence-electron chi connectivity index (χ1n) is 10.9. The molecule has 1 aliphatic heterocycles. The zero-order valence-electron chi connectivity index (χ0n) is 18.4. The molecule has 0 radical (unpaired) electrons. The van der Waals surface area contributed by atoms with Crippen LogP contribution in [0.5, 0.6) is 11.5 Å². The van der Waals surface area contributed by atoms with Gasteiger partial charge in [0.15, 0.2) is 5.96 Å². The Bertz CT molecular complexity index is 820. The molecule has 1 aliphatic rings. The lowest BCUT2D eigenvalue weighted by atomic mass is 10.2. The van der Waals surface area contributed by atoms with Crippen molar-refractivity contribution in [1.29, 1.82) is 0 Å². The number of guanidine groups is 1. The first-order valence-corrected chi connectivity index (χ1v) is 10.9. The highest BCUT2D eigenvalue weighted by atomic mass is 16.5. The van der Waals surface area contributed by atoms with Crippen LogP contribution in [-0.2, 0) is 19.4 Å². The minimum Gasteiger partial charge on any atom is -0.497 e. The number of hydrogen-bond acceptors (Lipinski definition) is 5. The molecule has 8 nitrogen and oxygen atoms in total. The Hall–Kier alpha value is -2.77. The third kappa shape index (κ3) is 6.37. The number of methoxy groups -OCH3 is 1. The molecule has 2 aromatic rings. The Labute approximate surface area is 179 Å². The molecular weight excluding hydrogens is 380 g/mol. The zero-order valence-corrected chi connectivity index (χ0v) is 18.4. The highest BCUT2D eigenvalue weighted by Crippen LogP contribution is 2.20. The first-order chi connectivity index (χ1) is 14.7. The molecule has 0 fully saturated rings. The maximum Gasteiger partial charge on any atom is 0.191 e. The standard InChI is InChI=1S/C22H34N6O2/c1-4-23-22(25-16-17(2)30-19-10-8-9-18(15-19)29-3)24-13-12-21-27-26-20-11-6-5-7-14-28(20)21/h8-10,15,17H,4-7,11-14,16H2,1-3H3,(H2,23,24,25). The molecular formula is C22H34N6O2. The van der Waals surface area contributed by atoms with Gasteiger partial charge in [-0.3, -0.25) is 0 Å². The van der Waals surface area contributed by atoms with E-state index >= 15 is 0 Å². The number of nitrogens with zero attached hydrogens (tertiary/aromatic N) is 4. The van der Waals surface area contributed by atoms with E-state index in [0.717, 1.165) is 61.6 Å². The van der Waals surface area contributed by atoms with Crippen molar-refractivity contribution in [2.45, 2.75) is 58.6 Å². The van der Waals surface area contributed by atoms with Gasteiger partial charge in [0, 0.05) is 38.5 Å². The van der Waals surface area contributed by atoms with Crippen LogP contribution < -0.4 is 20.1 Å². The largest absolute Gasteiger partial charge is 0.497 e. The Morgan fingerprint density at radius 3 is 2.90 bits per heavy atom. The molecule has 30 heavy (non-hydrogen) atoms. The second kappa shape index (κ2) is 11.4. The number of benzene rings is 1. The van der Waals surface area contributed by atoms with Crippen LogP contribution >= 0.6 is 0 Å². The molecule has 1 atom stereocenters. The average Bonchev–Trinajstić information content (AvgIpc) is 2.98. The van der Waals surface area contributed by atoms with E-state index in [2.05, 4.69) is 37.3 Å². The van der Waals surface area contributed by atoms with E-state index in [4.69, 9.17) is 9.47 Å². The van der Waals surface area contributed by atoms with Gasteiger partial charge < -0.3 is 24.7 Å². The number of aliphatic imine (C=N–C) groups is 1. The lowest BCUT2D eigenvalue weighted by Gasteiger charge is -2.15. The molecule has 0 saturated carbocycles. The summed E-state index contributed by atoms with van der Waals surface area (Å²) in [6.45, 7) is 7.22. The summed E-state index contributed by atoms with van der Waals surface area (Å²) >= 11 is 0. The summed E-state index contributed by atoms with van der Waals surface area (Å²) in [6, 6.07) is 7.62. The summed E-state index contributed by atoms with van der Waals surface area (Å²) in [7, 11) is 1.65. The highest BCUT2D eigenvalue weighted by molar-refractivity contribution is 5.79. The molecule has 1 aromatic carbocycles. The molecule has 2 heterocycles. The SMILES string of the molecule is CCNC(=NCC(C)Oc1cccc(OC)c1)NCCc1nnc2n1CCCCC2. The average molecular weight is 415 g/mol. The van der Waals surface area contributed by atoms with Crippen molar-refractivity contribution in [3.05, 3.63) is 35.9 Å². The molecule has 3 rings (SSSR count). The van der Waals surface area contributed by atoms with Crippen LogP contribution in [0.15, 0.2) is 29.3 Å². The van der Waals surface area contributed by atoms with Crippen LogP contribution in [0.2, 0.25) is 0 Å². The summed E-state index contributed by atoms with van der Waals surface area (Å²) in [5.74, 6) is 4.54. The Kier molecular flexibility index (Phi) is 8.35. The monoisotopic (exact) mass is 414 g/mol. The Morgan fingerprint density at radius 2 is 2.07 bits per heavy atom. The lowest BCUT2D eigenvalue weighted by Crippen LogP contribution is -2.39. The summed E-state index contributed by atoms with van der Waals surface area (Å²) < 4.78 is 13.5. The number of aryl methyl sites for hydroxylation is 1. The van der Waals surface area contributed by atoms with Crippen LogP contribution in [0.25, 0.3) is 0 Å². The van der Waals surface area contributed by atoms with Gasteiger partial charge in [0.05, 0.1) is 13.7 Å². The third-order valence-corrected chi connectivity index (χ3v) is 5.06. The van der Waals surface area contributed by atoms with E-state index in [1.807, 2.05) is 31.2 Å². The van der Waals surface area contributed by atoms with Gasteiger partial charge >= 0.3 is 0 Å². The number of nitrogens with one attached hydrogen (secondary N) is 2. The fourth-order valence-corrected chi connectivity index (χ4v) is 3.53. The van der Waals surface area contributed by atoms with Crippen LogP contribution in [0, 0.1) is 0 Å².